The van der Waals surface area contributed by atoms with Gasteiger partial charge in [-0.25, -0.2) is 4.79 Å². The molecule has 46 heavy (non-hydrogen) atoms. The number of fused-ring (bicyclic) bond motifs is 3. The molecular weight excluding hydrogens is 635 g/mol. The van der Waals surface area contributed by atoms with Crippen LogP contribution in [0.5, 0.6) is 11.5 Å². The SMILES string of the molecule is COc1cc(CC(=O)N2C3CCC(CC3)[C@H]2C(=O)N[C@@H](Cc2ccc(NC(=O)c3c(Cl)cncc3Cl)cc2)C(=O)O)cc(OC)c1. The third-order valence-corrected chi connectivity index (χ3v) is 9.12. The van der Waals surface area contributed by atoms with Crippen LogP contribution in [0.15, 0.2) is 54.9 Å². The number of amides is 3. The lowest BCUT2D eigenvalue weighted by atomic mass is 9.74. The van der Waals surface area contributed by atoms with E-state index in [1.54, 1.807) is 47.4 Å². The van der Waals surface area contributed by atoms with Crippen molar-refractivity contribution < 1.29 is 33.8 Å². The molecule has 1 aliphatic carbocycles. The largest absolute Gasteiger partial charge is 0.497 e. The molecule has 3 fully saturated rings. The van der Waals surface area contributed by atoms with Crippen LogP contribution in [0.3, 0.4) is 0 Å². The van der Waals surface area contributed by atoms with Crippen molar-refractivity contribution in [2.45, 2.75) is 56.7 Å². The summed E-state index contributed by atoms with van der Waals surface area (Å²) in [6.07, 6.45) is 5.86. The van der Waals surface area contributed by atoms with Gasteiger partial charge in [0.25, 0.3) is 5.91 Å². The minimum atomic E-state index is -1.23. The number of nitrogens with one attached hydrogen (secondary N) is 2. The molecule has 3 N–H and O–H groups in total. The second-order valence-electron chi connectivity index (χ2n) is 11.4. The van der Waals surface area contributed by atoms with Crippen molar-refractivity contribution in [3.8, 4) is 11.5 Å². The van der Waals surface area contributed by atoms with Crippen molar-refractivity contribution in [1.29, 1.82) is 0 Å². The van der Waals surface area contributed by atoms with Crippen molar-refractivity contribution >= 4 is 52.6 Å². The summed E-state index contributed by atoms with van der Waals surface area (Å²) in [6.45, 7) is 0. The topological polar surface area (TPSA) is 147 Å². The number of carboxylic acid groups (broad SMARTS) is 1. The lowest BCUT2D eigenvalue weighted by Gasteiger charge is -2.50. The number of anilines is 1. The maximum Gasteiger partial charge on any atom is 0.326 e. The molecule has 13 heteroatoms. The molecule has 0 spiro atoms. The van der Waals surface area contributed by atoms with E-state index in [4.69, 9.17) is 32.7 Å². The van der Waals surface area contributed by atoms with Crippen LogP contribution < -0.4 is 20.1 Å². The number of ether oxygens (including phenoxy) is 2. The van der Waals surface area contributed by atoms with Gasteiger partial charge >= 0.3 is 5.97 Å². The lowest BCUT2D eigenvalue weighted by molar-refractivity contribution is -0.154. The third-order valence-electron chi connectivity index (χ3n) is 8.55. The molecule has 242 valence electrons. The maximum absolute atomic E-state index is 13.7. The number of hydrogen-bond donors (Lipinski definition) is 3. The first-order valence-electron chi connectivity index (χ1n) is 14.8. The number of carbonyl (C=O) groups is 4. The Morgan fingerprint density at radius 2 is 1.54 bits per heavy atom. The van der Waals surface area contributed by atoms with Gasteiger partial charge in [0.15, 0.2) is 0 Å². The van der Waals surface area contributed by atoms with Gasteiger partial charge in [0.1, 0.15) is 23.6 Å². The number of aromatic nitrogens is 1. The van der Waals surface area contributed by atoms with E-state index in [1.165, 1.54) is 26.6 Å². The molecule has 6 rings (SSSR count). The first-order valence-corrected chi connectivity index (χ1v) is 15.6. The van der Waals surface area contributed by atoms with Crippen LogP contribution >= 0.6 is 23.2 Å². The zero-order valence-electron chi connectivity index (χ0n) is 25.3. The van der Waals surface area contributed by atoms with Crippen molar-refractivity contribution in [3.63, 3.8) is 0 Å². The van der Waals surface area contributed by atoms with E-state index in [1.807, 2.05) is 0 Å². The van der Waals surface area contributed by atoms with E-state index in [9.17, 15) is 24.3 Å². The molecular formula is C33H34Cl2N4O7. The predicted octanol–water partition coefficient (Wildman–Crippen LogP) is 4.78. The number of hydrogen-bond acceptors (Lipinski definition) is 7. The van der Waals surface area contributed by atoms with Crippen LogP contribution in [0, 0.1) is 5.92 Å². The maximum atomic E-state index is 13.7. The minimum Gasteiger partial charge on any atom is -0.497 e. The molecule has 1 saturated carbocycles. The zero-order valence-corrected chi connectivity index (χ0v) is 26.8. The molecule has 3 amide bonds. The normalized spacial score (nSPS) is 19.2. The van der Waals surface area contributed by atoms with Gasteiger partial charge < -0.3 is 30.1 Å². The van der Waals surface area contributed by atoms with Crippen molar-refractivity contribution in [2.75, 3.05) is 19.5 Å². The van der Waals surface area contributed by atoms with Crippen LogP contribution in [0.4, 0.5) is 5.69 Å². The Morgan fingerprint density at radius 3 is 2.11 bits per heavy atom. The monoisotopic (exact) mass is 668 g/mol. The van der Waals surface area contributed by atoms with Crippen molar-refractivity contribution in [3.05, 3.63) is 81.6 Å². The van der Waals surface area contributed by atoms with Crippen LogP contribution in [0.1, 0.15) is 47.2 Å². The van der Waals surface area contributed by atoms with Gasteiger partial charge in [-0.15, -0.1) is 0 Å². The number of pyridine rings is 1. The first kappa shape index (κ1) is 33.0. The summed E-state index contributed by atoms with van der Waals surface area (Å²) in [5, 5.41) is 15.7. The average molecular weight is 670 g/mol. The lowest BCUT2D eigenvalue weighted by Crippen LogP contribution is -2.64. The van der Waals surface area contributed by atoms with Crippen LogP contribution in [0.25, 0.3) is 0 Å². The van der Waals surface area contributed by atoms with E-state index in [2.05, 4.69) is 15.6 Å². The summed E-state index contributed by atoms with van der Waals surface area (Å²) in [7, 11) is 3.07. The summed E-state index contributed by atoms with van der Waals surface area (Å²) in [5.41, 5.74) is 1.84. The summed E-state index contributed by atoms with van der Waals surface area (Å²) < 4.78 is 10.7. The van der Waals surface area contributed by atoms with Crippen LogP contribution in [-0.2, 0) is 27.2 Å². The molecule has 0 unspecified atom stereocenters. The highest BCUT2D eigenvalue weighted by atomic mass is 35.5. The Labute approximate surface area is 276 Å². The minimum absolute atomic E-state index is 0.00429. The molecule has 1 aromatic heterocycles. The quantitative estimate of drug-likeness (QED) is 0.264. The number of piperidine rings is 2. The van der Waals surface area contributed by atoms with Gasteiger partial charge in [0.05, 0.1) is 36.2 Å². The zero-order chi connectivity index (χ0) is 33.0. The van der Waals surface area contributed by atoms with E-state index in [-0.39, 0.29) is 46.3 Å². The third kappa shape index (κ3) is 7.37. The van der Waals surface area contributed by atoms with Crippen LogP contribution in [0.2, 0.25) is 10.0 Å². The molecule has 2 atom stereocenters. The fourth-order valence-corrected chi connectivity index (χ4v) is 6.86. The molecule has 11 nitrogen and oxygen atoms in total. The number of rotatable bonds is 11. The van der Waals surface area contributed by atoms with E-state index < -0.39 is 29.9 Å². The number of methoxy groups -OCH3 is 2. The Kier molecular flexibility index (Phi) is 10.3. The van der Waals surface area contributed by atoms with Gasteiger partial charge in [-0.1, -0.05) is 35.3 Å². The summed E-state index contributed by atoms with van der Waals surface area (Å²) in [5.74, 6) is -1.36. The molecule has 3 aliphatic rings. The Morgan fingerprint density at radius 1 is 0.935 bits per heavy atom. The molecule has 2 aliphatic heterocycles. The van der Waals surface area contributed by atoms with Crippen molar-refractivity contribution in [1.82, 2.24) is 15.2 Å². The Hall–Kier alpha value is -4.35. The highest BCUT2D eigenvalue weighted by molar-refractivity contribution is 6.40. The Balaban J connectivity index is 1.27. The van der Waals surface area contributed by atoms with E-state index in [0.717, 1.165) is 25.7 Å². The van der Waals surface area contributed by atoms with E-state index >= 15 is 0 Å². The molecule has 2 aromatic carbocycles. The fourth-order valence-electron chi connectivity index (χ4n) is 6.32. The molecule has 2 saturated heterocycles. The molecule has 3 heterocycles. The van der Waals surface area contributed by atoms with Gasteiger partial charge in [-0.2, -0.15) is 0 Å². The first-order chi connectivity index (χ1) is 22.1. The number of carbonyl (C=O) groups excluding carboxylic acids is 3. The van der Waals surface area contributed by atoms with E-state index in [0.29, 0.717) is 28.3 Å². The van der Waals surface area contributed by atoms with Crippen LogP contribution in [-0.4, -0.2) is 71.0 Å². The number of halogens is 2. The summed E-state index contributed by atoms with van der Waals surface area (Å²) in [6, 6.07) is 9.71. The van der Waals surface area contributed by atoms with Gasteiger partial charge in [-0.3, -0.25) is 19.4 Å². The standard InChI is InChI=1S/C33H34Cl2N4O7/c1-45-23-11-19(12-24(15-23)46-2)14-28(40)39-22-9-5-20(6-10-22)30(39)32(42)38-27(33(43)44)13-18-3-7-21(8-4-18)37-31(41)29-25(34)16-36-17-26(29)35/h3-4,7-8,11-12,15-17,20,22,27,30H,5-6,9-10,13-14H2,1-2H3,(H,37,41)(H,38,42)(H,43,44)/t20?,22?,27-,30-/m0/s1. The van der Waals surface area contributed by atoms with Gasteiger partial charge in [-0.05, 0) is 67.0 Å². The van der Waals surface area contributed by atoms with Crippen molar-refractivity contribution in [2.24, 2.45) is 5.92 Å². The number of benzene rings is 2. The smallest absolute Gasteiger partial charge is 0.326 e. The highest BCUT2D eigenvalue weighted by Crippen LogP contribution is 2.40. The number of aliphatic carboxylic acids is 1. The number of nitrogens with zero attached hydrogens (tertiary/aromatic N) is 2. The number of carboxylic acids is 1. The van der Waals surface area contributed by atoms with Gasteiger partial charge in [0, 0.05) is 36.6 Å². The summed E-state index contributed by atoms with van der Waals surface area (Å²) in [4.78, 5) is 57.9. The Bertz CT molecular complexity index is 1580. The molecule has 3 aromatic rings. The summed E-state index contributed by atoms with van der Waals surface area (Å²) >= 11 is 12.2. The van der Waals surface area contributed by atoms with Gasteiger partial charge in [0.2, 0.25) is 11.8 Å². The average Bonchev–Trinajstić information content (AvgIpc) is 3.04. The fraction of sp³-hybridized carbons (Fsp3) is 0.364. The second kappa shape index (κ2) is 14.4. The predicted molar refractivity (Wildman–Crippen MR) is 172 cm³/mol. The molecule has 0 radical (unpaired) electrons. The molecule has 2 bridgehead atoms. The second-order valence-corrected chi connectivity index (χ2v) is 12.3. The highest BCUT2D eigenvalue weighted by Gasteiger charge is 2.48.